The van der Waals surface area contributed by atoms with Crippen molar-refractivity contribution >= 4 is 24.0 Å². The van der Waals surface area contributed by atoms with Gasteiger partial charge in [0.1, 0.15) is 12.2 Å². The summed E-state index contributed by atoms with van der Waals surface area (Å²) in [5.41, 5.74) is 0. The van der Waals surface area contributed by atoms with Crippen molar-refractivity contribution in [3.05, 3.63) is 0 Å². The summed E-state index contributed by atoms with van der Waals surface area (Å²) < 4.78 is 11.8. The van der Waals surface area contributed by atoms with Crippen LogP contribution in [0.1, 0.15) is 80.1 Å². The molecule has 0 saturated heterocycles. The van der Waals surface area contributed by atoms with Gasteiger partial charge < -0.3 is 9.47 Å². The summed E-state index contributed by atoms with van der Waals surface area (Å²) in [5, 5.41) is 0. The van der Waals surface area contributed by atoms with Gasteiger partial charge in [0, 0.05) is 11.8 Å². The molecule has 2 rings (SSSR count). The van der Waals surface area contributed by atoms with E-state index < -0.39 is 12.2 Å². The Kier molecular flexibility index (Phi) is 8.47. The Morgan fingerprint density at radius 2 is 1.14 bits per heavy atom. The number of rotatable bonds is 4. The Bertz CT molecular complexity index is 493. The molecule has 6 heteroatoms. The van der Waals surface area contributed by atoms with Crippen molar-refractivity contribution in [1.29, 1.82) is 0 Å². The molecule has 0 bridgehead atoms. The molecule has 0 aliphatic heterocycles. The molecule has 2 aliphatic rings. The third-order valence-corrected chi connectivity index (χ3v) is 7.02. The highest BCUT2D eigenvalue weighted by atomic mass is 35.5. The van der Waals surface area contributed by atoms with E-state index in [2.05, 4.69) is 41.5 Å². The lowest BCUT2D eigenvalue weighted by atomic mass is 9.75. The molecule has 0 heterocycles. The first kappa shape index (κ1) is 23.3. The molecule has 0 N–H and O–H groups in total. The maximum absolute atomic E-state index is 12.5. The van der Waals surface area contributed by atoms with E-state index in [1.54, 1.807) is 0 Å². The van der Waals surface area contributed by atoms with Crippen molar-refractivity contribution in [2.45, 2.75) is 92.3 Å². The number of carbonyl (C=O) groups excluding carboxylic acids is 2. The summed E-state index contributed by atoms with van der Waals surface area (Å²) in [6, 6.07) is 0. The molecule has 0 unspecified atom stereocenters. The largest absolute Gasteiger partial charge is 0.445 e. The molecular weight excluding hydrogens is 378 g/mol. The van der Waals surface area contributed by atoms with Crippen molar-refractivity contribution in [2.24, 2.45) is 35.5 Å². The van der Waals surface area contributed by atoms with Crippen LogP contribution in [0.25, 0.3) is 0 Å². The van der Waals surface area contributed by atoms with E-state index in [-0.39, 0.29) is 12.2 Å². The van der Waals surface area contributed by atoms with Crippen LogP contribution in [0, 0.1) is 35.5 Å². The highest BCUT2D eigenvalue weighted by Crippen LogP contribution is 2.37. The number of halogens is 1. The standard InChI is InChI=1S/C22H38ClNO4/c1-13(2)17-9-7-15(5)11-19(17)27-21(25)24(23)22(26)28-20-12-16(6)8-10-18(20)14(3)4/h13-20H,7-12H2,1-6H3/t15-,16-,17+,18+,19-,20-/m1/s1. The maximum Gasteiger partial charge on any atom is 0.434 e. The van der Waals surface area contributed by atoms with Gasteiger partial charge in [-0.2, -0.15) is 0 Å². The average Bonchev–Trinajstić information content (AvgIpc) is 2.60. The SMILES string of the molecule is CC(C)[C@@H]1CC[C@@H](C)C[C@H]1OC(=O)N(Cl)C(=O)O[C@@H]1C[C@H](C)CC[C@H]1C(C)C. The fraction of sp³-hybridized carbons (Fsp3) is 0.909. The molecule has 0 aromatic rings. The molecular formula is C22H38ClNO4. The van der Waals surface area contributed by atoms with Crippen molar-refractivity contribution in [2.75, 3.05) is 0 Å². The van der Waals surface area contributed by atoms with Gasteiger partial charge in [0.15, 0.2) is 0 Å². The van der Waals surface area contributed by atoms with E-state index in [1.807, 2.05) is 0 Å². The van der Waals surface area contributed by atoms with Crippen LogP contribution in [0.2, 0.25) is 0 Å². The predicted octanol–water partition coefficient (Wildman–Crippen LogP) is 6.64. The van der Waals surface area contributed by atoms with Gasteiger partial charge in [0.2, 0.25) is 0 Å². The third kappa shape index (κ3) is 6.01. The van der Waals surface area contributed by atoms with Gasteiger partial charge in [0.25, 0.3) is 0 Å². The van der Waals surface area contributed by atoms with Gasteiger partial charge in [0.05, 0.1) is 0 Å². The number of hydrogen-bond donors (Lipinski definition) is 0. The number of nitrogens with zero attached hydrogens (tertiary/aromatic N) is 1. The summed E-state index contributed by atoms with van der Waals surface area (Å²) in [6.45, 7) is 12.9. The second kappa shape index (κ2) is 10.2. The van der Waals surface area contributed by atoms with E-state index in [0.29, 0.717) is 39.9 Å². The molecule has 6 atom stereocenters. The van der Waals surface area contributed by atoms with E-state index in [9.17, 15) is 9.59 Å². The highest BCUT2D eigenvalue weighted by Gasteiger charge is 2.38. The first-order valence-electron chi connectivity index (χ1n) is 11.0. The van der Waals surface area contributed by atoms with E-state index in [4.69, 9.17) is 21.3 Å². The lowest BCUT2D eigenvalue weighted by molar-refractivity contribution is -0.0169. The normalized spacial score (nSPS) is 33.6. The van der Waals surface area contributed by atoms with Crippen LogP contribution in [0.4, 0.5) is 9.59 Å². The molecule has 0 aromatic carbocycles. The van der Waals surface area contributed by atoms with E-state index >= 15 is 0 Å². The number of hydrogen-bond acceptors (Lipinski definition) is 4. The van der Waals surface area contributed by atoms with Crippen LogP contribution in [0.3, 0.4) is 0 Å². The minimum absolute atomic E-state index is 0.205. The zero-order valence-electron chi connectivity index (χ0n) is 18.3. The quantitative estimate of drug-likeness (QED) is 0.483. The van der Waals surface area contributed by atoms with Gasteiger partial charge >= 0.3 is 12.2 Å². The summed E-state index contributed by atoms with van der Waals surface area (Å²) >= 11 is 6.03. The lowest BCUT2D eigenvalue weighted by Crippen LogP contribution is -2.42. The van der Waals surface area contributed by atoms with Gasteiger partial charge in [-0.3, -0.25) is 0 Å². The Labute approximate surface area is 175 Å². The molecule has 2 amide bonds. The van der Waals surface area contributed by atoms with Gasteiger partial charge in [-0.25, -0.2) is 9.59 Å². The summed E-state index contributed by atoms with van der Waals surface area (Å²) in [7, 11) is 0. The Hall–Kier alpha value is -0.970. The molecule has 2 aliphatic carbocycles. The molecule has 28 heavy (non-hydrogen) atoms. The Balaban J connectivity index is 1.96. The van der Waals surface area contributed by atoms with E-state index in [0.717, 1.165) is 38.5 Å². The first-order chi connectivity index (χ1) is 13.1. The summed E-state index contributed by atoms with van der Waals surface area (Å²) in [4.78, 5) is 25.0. The van der Waals surface area contributed by atoms with Gasteiger partial charge in [-0.1, -0.05) is 54.4 Å². The van der Waals surface area contributed by atoms with Crippen molar-refractivity contribution in [1.82, 2.24) is 4.42 Å². The Morgan fingerprint density at radius 3 is 1.46 bits per heavy atom. The first-order valence-corrected chi connectivity index (χ1v) is 11.3. The second-order valence-corrected chi connectivity index (χ2v) is 10.1. The number of ether oxygens (including phenoxy) is 2. The molecule has 2 saturated carbocycles. The molecule has 2 fully saturated rings. The van der Waals surface area contributed by atoms with Crippen molar-refractivity contribution in [3.8, 4) is 0 Å². The van der Waals surface area contributed by atoms with Crippen LogP contribution in [0.5, 0.6) is 0 Å². The number of imide groups is 1. The van der Waals surface area contributed by atoms with Crippen LogP contribution < -0.4 is 0 Å². The van der Waals surface area contributed by atoms with Crippen molar-refractivity contribution < 1.29 is 19.1 Å². The van der Waals surface area contributed by atoms with Crippen LogP contribution >= 0.6 is 11.8 Å². The van der Waals surface area contributed by atoms with E-state index in [1.165, 1.54) is 0 Å². The van der Waals surface area contributed by atoms with Crippen molar-refractivity contribution in [3.63, 3.8) is 0 Å². The molecule has 5 nitrogen and oxygen atoms in total. The topological polar surface area (TPSA) is 55.8 Å². The average molecular weight is 416 g/mol. The molecule has 0 spiro atoms. The number of amides is 2. The zero-order chi connectivity index (χ0) is 21.0. The number of carbonyl (C=O) groups is 2. The smallest absolute Gasteiger partial charge is 0.434 e. The maximum atomic E-state index is 12.5. The lowest BCUT2D eigenvalue weighted by Gasteiger charge is -2.38. The fourth-order valence-corrected chi connectivity index (χ4v) is 5.01. The van der Waals surface area contributed by atoms with Gasteiger partial charge in [-0.15, -0.1) is 4.42 Å². The summed E-state index contributed by atoms with van der Waals surface area (Å²) in [6.07, 6.45) is 3.90. The highest BCUT2D eigenvalue weighted by molar-refractivity contribution is 6.28. The van der Waals surface area contributed by atoms with Crippen LogP contribution in [-0.2, 0) is 9.47 Å². The summed E-state index contributed by atoms with van der Waals surface area (Å²) in [5.74, 6) is 2.42. The Morgan fingerprint density at radius 1 is 0.786 bits per heavy atom. The molecule has 162 valence electrons. The van der Waals surface area contributed by atoms with Gasteiger partial charge in [-0.05, 0) is 61.2 Å². The minimum Gasteiger partial charge on any atom is -0.445 e. The molecule has 0 aromatic heterocycles. The molecule has 0 radical (unpaired) electrons. The van der Waals surface area contributed by atoms with Crippen LogP contribution in [0.15, 0.2) is 0 Å². The predicted molar refractivity (Wildman–Crippen MR) is 111 cm³/mol. The minimum atomic E-state index is -0.818. The monoisotopic (exact) mass is 415 g/mol. The third-order valence-electron chi connectivity index (χ3n) is 6.75. The fourth-order valence-electron chi connectivity index (χ4n) is 4.93. The second-order valence-electron chi connectivity index (χ2n) is 9.78. The zero-order valence-corrected chi connectivity index (χ0v) is 19.1. The van der Waals surface area contributed by atoms with Crippen LogP contribution in [-0.4, -0.2) is 28.8 Å².